The van der Waals surface area contributed by atoms with Gasteiger partial charge >= 0.3 is 0 Å². The van der Waals surface area contributed by atoms with E-state index in [0.29, 0.717) is 11.8 Å². The van der Waals surface area contributed by atoms with E-state index in [0.717, 1.165) is 11.5 Å². The van der Waals surface area contributed by atoms with Crippen LogP contribution in [-0.4, -0.2) is 14.2 Å². The van der Waals surface area contributed by atoms with Crippen LogP contribution in [0.5, 0.6) is 11.5 Å². The fourth-order valence-electron chi connectivity index (χ4n) is 3.86. The second kappa shape index (κ2) is 2.78. The van der Waals surface area contributed by atoms with Crippen LogP contribution in [0.2, 0.25) is 0 Å². The average molecular weight is 232 g/mol. The molecule has 2 fully saturated rings. The van der Waals surface area contributed by atoms with Gasteiger partial charge in [-0.25, -0.2) is 0 Å². The Balaban J connectivity index is 2.01. The predicted octanol–water partition coefficient (Wildman–Crippen LogP) is 2.64. The van der Waals surface area contributed by atoms with E-state index < -0.39 is 0 Å². The maximum absolute atomic E-state index is 6.22. The molecule has 2 bridgehead atoms. The van der Waals surface area contributed by atoms with E-state index in [-0.39, 0.29) is 11.7 Å². The molecule has 0 N–H and O–H groups in total. The molecule has 1 aliphatic carbocycles. The SMILES string of the molecule is COc1ccc(OC)c2c1[C@H]1O[C@]2(C)[C@@H]2C[C@H]12. The second-order valence-electron chi connectivity index (χ2n) is 5.41. The van der Waals surface area contributed by atoms with Crippen LogP contribution in [0.1, 0.15) is 30.6 Å². The molecule has 1 saturated carbocycles. The first kappa shape index (κ1) is 9.77. The topological polar surface area (TPSA) is 27.7 Å². The highest BCUT2D eigenvalue weighted by molar-refractivity contribution is 5.58. The quantitative estimate of drug-likeness (QED) is 0.784. The summed E-state index contributed by atoms with van der Waals surface area (Å²) in [5.74, 6) is 3.27. The van der Waals surface area contributed by atoms with E-state index in [2.05, 4.69) is 6.92 Å². The van der Waals surface area contributed by atoms with Gasteiger partial charge in [0.15, 0.2) is 0 Å². The second-order valence-corrected chi connectivity index (χ2v) is 5.41. The van der Waals surface area contributed by atoms with Crippen molar-refractivity contribution in [2.45, 2.75) is 25.0 Å². The highest BCUT2D eigenvalue weighted by Crippen LogP contribution is 2.74. The van der Waals surface area contributed by atoms with Gasteiger partial charge in [0.1, 0.15) is 11.5 Å². The zero-order chi connectivity index (χ0) is 11.8. The zero-order valence-corrected chi connectivity index (χ0v) is 10.3. The Labute approximate surface area is 101 Å². The van der Waals surface area contributed by atoms with Gasteiger partial charge in [-0.1, -0.05) is 0 Å². The summed E-state index contributed by atoms with van der Waals surface area (Å²) in [5.41, 5.74) is 2.31. The molecule has 1 aromatic carbocycles. The molecular formula is C14H16O3. The normalized spacial score (nSPS) is 39.8. The summed E-state index contributed by atoms with van der Waals surface area (Å²) in [6, 6.07) is 3.98. The molecule has 2 aliphatic heterocycles. The van der Waals surface area contributed by atoms with Crippen molar-refractivity contribution < 1.29 is 14.2 Å². The molecule has 4 rings (SSSR count). The van der Waals surface area contributed by atoms with Crippen molar-refractivity contribution in [2.75, 3.05) is 14.2 Å². The maximum atomic E-state index is 6.22. The van der Waals surface area contributed by atoms with Crippen LogP contribution in [0.3, 0.4) is 0 Å². The molecule has 0 spiro atoms. The van der Waals surface area contributed by atoms with Crippen LogP contribution in [0, 0.1) is 11.8 Å². The summed E-state index contributed by atoms with van der Waals surface area (Å²) in [5, 5.41) is 0. The van der Waals surface area contributed by atoms with Gasteiger partial charge in [-0.3, -0.25) is 0 Å². The van der Waals surface area contributed by atoms with Gasteiger partial charge < -0.3 is 14.2 Å². The number of benzene rings is 1. The Hall–Kier alpha value is -1.22. The van der Waals surface area contributed by atoms with Crippen molar-refractivity contribution in [3.8, 4) is 11.5 Å². The summed E-state index contributed by atoms with van der Waals surface area (Å²) in [6.45, 7) is 2.20. The largest absolute Gasteiger partial charge is 0.496 e. The van der Waals surface area contributed by atoms with Gasteiger partial charge in [0, 0.05) is 11.1 Å². The summed E-state index contributed by atoms with van der Waals surface area (Å²) in [4.78, 5) is 0. The standard InChI is InChI=1S/C14H16O3/c1-14-8-6-7(8)13(17-14)11-9(15-2)4-5-10(16-3)12(11)14/h4-5,7-8,13H,6H2,1-3H3/t7-,8+,13-,14+/m0/s1. The third-order valence-electron chi connectivity index (χ3n) is 4.70. The number of methoxy groups -OCH3 is 2. The van der Waals surface area contributed by atoms with Gasteiger partial charge in [-0.05, 0) is 37.3 Å². The van der Waals surface area contributed by atoms with Crippen LogP contribution < -0.4 is 9.47 Å². The molecule has 3 heteroatoms. The fourth-order valence-corrected chi connectivity index (χ4v) is 3.86. The van der Waals surface area contributed by atoms with Crippen molar-refractivity contribution in [2.24, 2.45) is 11.8 Å². The lowest BCUT2D eigenvalue weighted by Crippen LogP contribution is -2.22. The summed E-state index contributed by atoms with van der Waals surface area (Å²) in [6.07, 6.45) is 1.51. The maximum Gasteiger partial charge on any atom is 0.125 e. The first-order valence-electron chi connectivity index (χ1n) is 6.14. The molecule has 2 heterocycles. The average Bonchev–Trinajstić information content (AvgIpc) is 3.04. The summed E-state index contributed by atoms with van der Waals surface area (Å²) < 4.78 is 17.2. The van der Waals surface area contributed by atoms with Gasteiger partial charge in [0.05, 0.1) is 25.9 Å². The van der Waals surface area contributed by atoms with Gasteiger partial charge in [0.2, 0.25) is 0 Å². The third kappa shape index (κ3) is 0.936. The number of fused-ring (bicyclic) bond motifs is 8. The van der Waals surface area contributed by atoms with E-state index in [9.17, 15) is 0 Å². The lowest BCUT2D eigenvalue weighted by Gasteiger charge is -2.25. The van der Waals surface area contributed by atoms with Crippen molar-refractivity contribution in [1.29, 1.82) is 0 Å². The first-order valence-corrected chi connectivity index (χ1v) is 6.14. The number of hydrogen-bond acceptors (Lipinski definition) is 3. The molecule has 0 unspecified atom stereocenters. The monoisotopic (exact) mass is 232 g/mol. The Morgan fingerprint density at radius 1 is 1.24 bits per heavy atom. The van der Waals surface area contributed by atoms with Crippen molar-refractivity contribution >= 4 is 0 Å². The fraction of sp³-hybridized carbons (Fsp3) is 0.571. The molecule has 0 radical (unpaired) electrons. The number of rotatable bonds is 2. The molecular weight excluding hydrogens is 216 g/mol. The molecule has 1 aromatic rings. The smallest absolute Gasteiger partial charge is 0.125 e. The van der Waals surface area contributed by atoms with Gasteiger partial charge in [-0.15, -0.1) is 0 Å². The van der Waals surface area contributed by atoms with Crippen LogP contribution in [0.25, 0.3) is 0 Å². The van der Waals surface area contributed by atoms with Crippen LogP contribution in [0.15, 0.2) is 12.1 Å². The highest BCUT2D eigenvalue weighted by atomic mass is 16.5. The van der Waals surface area contributed by atoms with E-state index in [4.69, 9.17) is 14.2 Å². The van der Waals surface area contributed by atoms with Crippen LogP contribution in [-0.2, 0) is 10.3 Å². The summed E-state index contributed by atoms with van der Waals surface area (Å²) >= 11 is 0. The van der Waals surface area contributed by atoms with E-state index in [1.165, 1.54) is 17.5 Å². The Kier molecular flexibility index (Phi) is 1.60. The molecule has 4 atom stereocenters. The Morgan fingerprint density at radius 3 is 2.65 bits per heavy atom. The molecule has 1 saturated heterocycles. The van der Waals surface area contributed by atoms with Crippen molar-refractivity contribution in [3.63, 3.8) is 0 Å². The first-order chi connectivity index (χ1) is 8.20. The van der Waals surface area contributed by atoms with Crippen molar-refractivity contribution in [1.82, 2.24) is 0 Å². The van der Waals surface area contributed by atoms with E-state index in [1.54, 1.807) is 14.2 Å². The highest BCUT2D eigenvalue weighted by Gasteiger charge is 2.69. The molecule has 0 amide bonds. The number of hydrogen-bond donors (Lipinski definition) is 0. The molecule has 3 aliphatic rings. The van der Waals surface area contributed by atoms with Crippen LogP contribution >= 0.6 is 0 Å². The lowest BCUT2D eigenvalue weighted by molar-refractivity contribution is -0.0393. The predicted molar refractivity (Wildman–Crippen MR) is 62.3 cm³/mol. The third-order valence-corrected chi connectivity index (χ3v) is 4.70. The van der Waals surface area contributed by atoms with Crippen LogP contribution in [0.4, 0.5) is 0 Å². The molecule has 17 heavy (non-hydrogen) atoms. The van der Waals surface area contributed by atoms with E-state index >= 15 is 0 Å². The molecule has 90 valence electrons. The molecule has 3 nitrogen and oxygen atoms in total. The van der Waals surface area contributed by atoms with Gasteiger partial charge in [0.25, 0.3) is 0 Å². The minimum atomic E-state index is -0.148. The Morgan fingerprint density at radius 2 is 1.94 bits per heavy atom. The lowest BCUT2D eigenvalue weighted by atomic mass is 9.82. The zero-order valence-electron chi connectivity index (χ0n) is 10.3. The van der Waals surface area contributed by atoms with Gasteiger partial charge in [-0.2, -0.15) is 0 Å². The van der Waals surface area contributed by atoms with Crippen molar-refractivity contribution in [3.05, 3.63) is 23.3 Å². The Bertz CT molecular complexity index is 510. The minimum Gasteiger partial charge on any atom is -0.496 e. The summed E-state index contributed by atoms with van der Waals surface area (Å²) in [7, 11) is 3.45. The molecule has 0 aromatic heterocycles. The minimum absolute atomic E-state index is 0.148. The number of ether oxygens (including phenoxy) is 3. The van der Waals surface area contributed by atoms with E-state index in [1.807, 2.05) is 12.1 Å².